The molecule has 1 fully saturated rings. The van der Waals surface area contributed by atoms with Crippen molar-refractivity contribution in [1.82, 2.24) is 9.97 Å². The van der Waals surface area contributed by atoms with Gasteiger partial charge in [-0.25, -0.2) is 15.8 Å². The molecule has 0 spiro atoms. The number of rotatable bonds is 4. The van der Waals surface area contributed by atoms with Gasteiger partial charge in [-0.1, -0.05) is 0 Å². The summed E-state index contributed by atoms with van der Waals surface area (Å²) in [6.07, 6.45) is 3.86. The molecule has 17 heavy (non-hydrogen) atoms. The Kier molecular flexibility index (Phi) is 4.27. The van der Waals surface area contributed by atoms with Gasteiger partial charge in [0, 0.05) is 11.8 Å². The number of nitrogens with two attached hydrogens (primary N) is 1. The Morgan fingerprint density at radius 3 is 2.94 bits per heavy atom. The Morgan fingerprint density at radius 1 is 1.47 bits per heavy atom. The van der Waals surface area contributed by atoms with Crippen molar-refractivity contribution >= 4 is 23.4 Å². The van der Waals surface area contributed by atoms with E-state index in [4.69, 9.17) is 10.6 Å². The molecule has 2 heterocycles. The fourth-order valence-electron chi connectivity index (χ4n) is 1.82. The van der Waals surface area contributed by atoms with Crippen LogP contribution in [0.5, 0.6) is 5.75 Å². The fourth-order valence-corrected chi connectivity index (χ4v) is 2.89. The number of nitrogens with zero attached hydrogens (tertiary/aromatic N) is 2. The molecule has 6 nitrogen and oxygen atoms in total. The number of ether oxygens (including phenoxy) is 1. The topological polar surface area (TPSA) is 85.1 Å². The summed E-state index contributed by atoms with van der Waals surface area (Å²) in [5.74, 6) is 9.47. The summed E-state index contributed by atoms with van der Waals surface area (Å²) in [6.45, 7) is 0. The van der Waals surface area contributed by atoms with Crippen LogP contribution in [0.2, 0.25) is 0 Å². The van der Waals surface area contributed by atoms with Crippen LogP contribution >= 0.6 is 11.8 Å². The molecular weight excluding hydrogens is 238 g/mol. The van der Waals surface area contributed by atoms with Crippen molar-refractivity contribution in [2.24, 2.45) is 5.84 Å². The molecule has 0 amide bonds. The van der Waals surface area contributed by atoms with Gasteiger partial charge in [-0.15, -0.1) is 0 Å². The van der Waals surface area contributed by atoms with Crippen LogP contribution in [0.1, 0.15) is 12.8 Å². The van der Waals surface area contributed by atoms with Crippen molar-refractivity contribution in [3.05, 3.63) is 6.33 Å². The minimum absolute atomic E-state index is 0.433. The van der Waals surface area contributed by atoms with E-state index in [1.165, 1.54) is 18.5 Å². The highest BCUT2D eigenvalue weighted by molar-refractivity contribution is 7.99. The van der Waals surface area contributed by atoms with E-state index in [0.29, 0.717) is 23.4 Å². The van der Waals surface area contributed by atoms with Crippen molar-refractivity contribution in [3.8, 4) is 5.75 Å². The van der Waals surface area contributed by atoms with E-state index in [9.17, 15) is 0 Å². The number of hydrogen-bond acceptors (Lipinski definition) is 7. The Labute approximate surface area is 105 Å². The van der Waals surface area contributed by atoms with E-state index in [1.807, 2.05) is 11.8 Å². The maximum absolute atomic E-state index is 5.38. The number of methoxy groups -OCH3 is 1. The van der Waals surface area contributed by atoms with Gasteiger partial charge in [0.2, 0.25) is 5.75 Å². The number of thioether (sulfide) groups is 1. The Morgan fingerprint density at radius 2 is 2.29 bits per heavy atom. The van der Waals surface area contributed by atoms with Crippen LogP contribution in [-0.4, -0.2) is 34.6 Å². The lowest BCUT2D eigenvalue weighted by Crippen LogP contribution is -2.26. The maximum Gasteiger partial charge on any atom is 0.205 e. The lowest BCUT2D eigenvalue weighted by Gasteiger charge is -2.24. The van der Waals surface area contributed by atoms with Crippen LogP contribution in [0, 0.1) is 0 Å². The summed E-state index contributed by atoms with van der Waals surface area (Å²) in [5.41, 5.74) is 2.50. The van der Waals surface area contributed by atoms with Crippen molar-refractivity contribution in [2.45, 2.75) is 18.9 Å². The molecule has 94 valence electrons. The molecule has 1 saturated heterocycles. The molecule has 0 aromatic carbocycles. The SMILES string of the molecule is COc1c(NN)ncnc1NC1CCCSC1. The van der Waals surface area contributed by atoms with E-state index in [0.717, 1.165) is 12.2 Å². The van der Waals surface area contributed by atoms with Crippen LogP contribution in [0.4, 0.5) is 11.6 Å². The second-order valence-corrected chi connectivity index (χ2v) is 4.96. The highest BCUT2D eigenvalue weighted by atomic mass is 32.2. The van der Waals surface area contributed by atoms with Gasteiger partial charge in [0.15, 0.2) is 11.6 Å². The third-order valence-electron chi connectivity index (χ3n) is 2.65. The van der Waals surface area contributed by atoms with Crippen LogP contribution < -0.4 is 21.3 Å². The number of nitrogens with one attached hydrogen (secondary N) is 2. The lowest BCUT2D eigenvalue weighted by molar-refractivity contribution is 0.414. The monoisotopic (exact) mass is 255 g/mol. The summed E-state index contributed by atoms with van der Waals surface area (Å²) in [7, 11) is 1.58. The highest BCUT2D eigenvalue weighted by Gasteiger charge is 2.18. The zero-order chi connectivity index (χ0) is 12.1. The van der Waals surface area contributed by atoms with Gasteiger partial charge in [-0.3, -0.25) is 0 Å². The zero-order valence-electron chi connectivity index (χ0n) is 9.77. The minimum Gasteiger partial charge on any atom is -0.490 e. The summed E-state index contributed by atoms with van der Waals surface area (Å²) in [5, 5.41) is 3.38. The Hall–Kier alpha value is -1.21. The fraction of sp³-hybridized carbons (Fsp3) is 0.600. The minimum atomic E-state index is 0.433. The third kappa shape index (κ3) is 2.92. The first-order chi connectivity index (χ1) is 8.35. The van der Waals surface area contributed by atoms with Crippen molar-refractivity contribution < 1.29 is 4.74 Å². The standard InChI is InChI=1S/C10H17N5OS/c1-16-8-9(12-6-13-10(8)15-11)14-7-3-2-4-17-5-7/h6-7H,2-5,11H2,1H3,(H2,12,13,14,15). The van der Waals surface area contributed by atoms with Gasteiger partial charge in [0.05, 0.1) is 7.11 Å². The summed E-state index contributed by atoms with van der Waals surface area (Å²) in [4.78, 5) is 8.20. The predicted molar refractivity (Wildman–Crippen MR) is 70.4 cm³/mol. The molecule has 1 aromatic rings. The number of hydrazine groups is 1. The first-order valence-electron chi connectivity index (χ1n) is 5.55. The molecule has 0 bridgehead atoms. The molecule has 1 aromatic heterocycles. The highest BCUT2D eigenvalue weighted by Crippen LogP contribution is 2.30. The molecule has 1 unspecified atom stereocenters. The van der Waals surface area contributed by atoms with E-state index in [1.54, 1.807) is 7.11 Å². The Bertz CT molecular complexity index is 370. The molecule has 2 rings (SSSR count). The third-order valence-corrected chi connectivity index (χ3v) is 3.86. The normalized spacial score (nSPS) is 19.8. The first kappa shape index (κ1) is 12.3. The van der Waals surface area contributed by atoms with E-state index in [2.05, 4.69) is 20.7 Å². The van der Waals surface area contributed by atoms with Crippen molar-refractivity contribution in [3.63, 3.8) is 0 Å². The van der Waals surface area contributed by atoms with Gasteiger partial charge in [-0.2, -0.15) is 11.8 Å². The molecule has 0 aliphatic carbocycles. The average molecular weight is 255 g/mol. The quantitative estimate of drug-likeness (QED) is 0.548. The summed E-state index contributed by atoms with van der Waals surface area (Å²) >= 11 is 1.96. The lowest BCUT2D eigenvalue weighted by atomic mass is 10.2. The van der Waals surface area contributed by atoms with Crippen molar-refractivity contribution in [2.75, 3.05) is 29.4 Å². The number of aromatic nitrogens is 2. The second-order valence-electron chi connectivity index (χ2n) is 3.81. The maximum atomic E-state index is 5.38. The number of nitrogen functional groups attached to an aromatic ring is 1. The smallest absolute Gasteiger partial charge is 0.205 e. The van der Waals surface area contributed by atoms with Crippen LogP contribution in [0.15, 0.2) is 6.33 Å². The number of hydrogen-bond donors (Lipinski definition) is 3. The number of anilines is 2. The van der Waals surface area contributed by atoms with Gasteiger partial charge in [0.1, 0.15) is 6.33 Å². The zero-order valence-corrected chi connectivity index (χ0v) is 10.6. The van der Waals surface area contributed by atoms with Gasteiger partial charge in [0.25, 0.3) is 0 Å². The van der Waals surface area contributed by atoms with Gasteiger partial charge < -0.3 is 15.5 Å². The molecule has 1 aliphatic heterocycles. The van der Waals surface area contributed by atoms with Crippen LogP contribution in [0.25, 0.3) is 0 Å². The summed E-state index contributed by atoms with van der Waals surface area (Å²) < 4.78 is 5.27. The predicted octanol–water partition coefficient (Wildman–Crippen LogP) is 1.08. The largest absolute Gasteiger partial charge is 0.490 e. The van der Waals surface area contributed by atoms with Gasteiger partial charge >= 0.3 is 0 Å². The van der Waals surface area contributed by atoms with Crippen LogP contribution in [0.3, 0.4) is 0 Å². The van der Waals surface area contributed by atoms with E-state index in [-0.39, 0.29) is 0 Å². The molecule has 0 saturated carbocycles. The second kappa shape index (κ2) is 5.92. The molecule has 4 N–H and O–H groups in total. The van der Waals surface area contributed by atoms with E-state index < -0.39 is 0 Å². The summed E-state index contributed by atoms with van der Waals surface area (Å²) in [6, 6.07) is 0.433. The first-order valence-corrected chi connectivity index (χ1v) is 6.70. The Balaban J connectivity index is 2.13. The molecule has 1 aliphatic rings. The molecule has 1 atom stereocenters. The van der Waals surface area contributed by atoms with E-state index >= 15 is 0 Å². The molecule has 0 radical (unpaired) electrons. The van der Waals surface area contributed by atoms with Crippen LogP contribution in [-0.2, 0) is 0 Å². The van der Waals surface area contributed by atoms with Gasteiger partial charge in [-0.05, 0) is 18.6 Å². The van der Waals surface area contributed by atoms with Crippen molar-refractivity contribution in [1.29, 1.82) is 0 Å². The molecular formula is C10H17N5OS. The molecule has 7 heteroatoms. The average Bonchev–Trinajstić information content (AvgIpc) is 2.39.